The molecule has 6 atom stereocenters. The van der Waals surface area contributed by atoms with Gasteiger partial charge in [-0.25, -0.2) is 0 Å². The van der Waals surface area contributed by atoms with Crippen LogP contribution in [0.1, 0.15) is 122 Å². The molecule has 0 amide bonds. The molecule has 1 heteroatoms. The van der Waals surface area contributed by atoms with E-state index in [4.69, 9.17) is 0 Å². The molecule has 0 N–H and O–H groups in total. The number of hydrogen-bond donors (Lipinski definition) is 0. The molecular formula is C66H57N. The minimum absolute atomic E-state index is 0.133. The molecule has 7 aliphatic carbocycles. The molecule has 0 radical (unpaired) electrons. The Bertz CT molecular complexity index is 3270. The highest BCUT2D eigenvalue weighted by Gasteiger charge is 2.54. The summed E-state index contributed by atoms with van der Waals surface area (Å²) in [6, 6.07) is 69.1. The number of nitrogens with zero attached hydrogens (tertiary/aromatic N) is 1. The summed E-state index contributed by atoms with van der Waals surface area (Å²) >= 11 is 0. The Morgan fingerprint density at radius 1 is 0.388 bits per heavy atom. The zero-order valence-electron chi connectivity index (χ0n) is 38.8. The first kappa shape index (κ1) is 38.6. The normalized spacial score (nSPS) is 25.8. The second-order valence-electron chi connectivity index (χ2n) is 22.3. The molecule has 0 aliphatic heterocycles. The van der Waals surface area contributed by atoms with Crippen molar-refractivity contribution in [2.75, 3.05) is 4.90 Å². The summed E-state index contributed by atoms with van der Waals surface area (Å²) in [5, 5.41) is 0. The quantitative estimate of drug-likeness (QED) is 0.161. The van der Waals surface area contributed by atoms with E-state index >= 15 is 0 Å². The first-order valence-electron chi connectivity index (χ1n) is 25.7. The van der Waals surface area contributed by atoms with Crippen molar-refractivity contribution < 1.29 is 0 Å². The zero-order chi connectivity index (χ0) is 44.2. The summed E-state index contributed by atoms with van der Waals surface area (Å²) in [7, 11) is 0. The Labute approximate surface area is 396 Å². The fourth-order valence-corrected chi connectivity index (χ4v) is 16.0. The third-order valence-corrected chi connectivity index (χ3v) is 18.9. The first-order valence-corrected chi connectivity index (χ1v) is 25.7. The number of anilines is 3. The molecule has 0 aromatic heterocycles. The van der Waals surface area contributed by atoms with Crippen molar-refractivity contribution >= 4 is 17.1 Å². The molecule has 0 heterocycles. The average molecular weight is 864 g/mol. The standard InChI is InChI=1S/C66H57N/c1-65(2)56-18-9-6-16-49(56)50-32-29-47(39-59(50)65)67(62-21-11-8-15-48(62)42-13-4-3-5-14-42)63-22-12-20-58-64(63)53-17-7-10-19-57(53)66(58)60-37-45(54-35-40-23-25-43(54)33-40)27-30-51(60)52-31-28-46(38-61(52)66)55-36-41-24-26-44(55)34-41/h3-22,27-32,37-41,43-44,54-55H,23-26,33-36H2,1-2H3. The lowest BCUT2D eigenvalue weighted by Gasteiger charge is -2.34. The van der Waals surface area contributed by atoms with Gasteiger partial charge in [0.05, 0.1) is 16.8 Å². The predicted octanol–water partition coefficient (Wildman–Crippen LogP) is 17.3. The zero-order valence-corrected chi connectivity index (χ0v) is 38.8. The van der Waals surface area contributed by atoms with Crippen molar-refractivity contribution in [1.82, 2.24) is 0 Å². The predicted molar refractivity (Wildman–Crippen MR) is 277 cm³/mol. The molecule has 326 valence electrons. The van der Waals surface area contributed by atoms with Crippen LogP contribution in [-0.2, 0) is 10.8 Å². The van der Waals surface area contributed by atoms with E-state index in [1.165, 1.54) is 146 Å². The van der Waals surface area contributed by atoms with Crippen molar-refractivity contribution in [3.63, 3.8) is 0 Å². The molecule has 8 aromatic rings. The van der Waals surface area contributed by atoms with E-state index in [1.54, 1.807) is 11.1 Å². The van der Waals surface area contributed by atoms with Crippen LogP contribution in [0.3, 0.4) is 0 Å². The van der Waals surface area contributed by atoms with Gasteiger partial charge in [0.15, 0.2) is 0 Å². The summed E-state index contributed by atoms with van der Waals surface area (Å²) in [5.41, 5.74) is 25.6. The summed E-state index contributed by atoms with van der Waals surface area (Å²) in [6.45, 7) is 4.82. The minimum Gasteiger partial charge on any atom is -0.309 e. The summed E-state index contributed by atoms with van der Waals surface area (Å²) in [5.74, 6) is 4.78. The molecule has 1 spiro atoms. The van der Waals surface area contributed by atoms with Crippen LogP contribution in [0.4, 0.5) is 17.1 Å². The fourth-order valence-electron chi connectivity index (χ4n) is 16.0. The van der Waals surface area contributed by atoms with Gasteiger partial charge >= 0.3 is 0 Å². The van der Waals surface area contributed by atoms with Gasteiger partial charge in [-0.15, -0.1) is 0 Å². The van der Waals surface area contributed by atoms with Crippen molar-refractivity contribution in [1.29, 1.82) is 0 Å². The van der Waals surface area contributed by atoms with E-state index in [2.05, 4.69) is 195 Å². The molecule has 4 fully saturated rings. The lowest BCUT2D eigenvalue weighted by Crippen LogP contribution is -2.27. The Morgan fingerprint density at radius 2 is 0.925 bits per heavy atom. The monoisotopic (exact) mass is 863 g/mol. The Kier molecular flexibility index (Phi) is 8.11. The Morgan fingerprint density at radius 3 is 1.58 bits per heavy atom. The summed E-state index contributed by atoms with van der Waals surface area (Å²) in [4.78, 5) is 2.63. The average Bonchev–Trinajstić information content (AvgIpc) is 4.28. The Balaban J connectivity index is 1.00. The minimum atomic E-state index is -0.431. The molecule has 67 heavy (non-hydrogen) atoms. The van der Waals surface area contributed by atoms with Gasteiger partial charge in [-0.2, -0.15) is 0 Å². The van der Waals surface area contributed by atoms with E-state index in [0.29, 0.717) is 11.8 Å². The van der Waals surface area contributed by atoms with Crippen LogP contribution < -0.4 is 4.90 Å². The van der Waals surface area contributed by atoms with Crippen LogP contribution in [0.15, 0.2) is 176 Å². The van der Waals surface area contributed by atoms with Gasteiger partial charge in [0.2, 0.25) is 0 Å². The molecule has 0 saturated heterocycles. The second-order valence-corrected chi connectivity index (χ2v) is 22.3. The lowest BCUT2D eigenvalue weighted by molar-refractivity contribution is 0.419. The van der Waals surface area contributed by atoms with Gasteiger partial charge in [0.1, 0.15) is 0 Å². The maximum atomic E-state index is 2.74. The van der Waals surface area contributed by atoms with Crippen molar-refractivity contribution in [3.05, 3.63) is 220 Å². The number of benzene rings is 8. The van der Waals surface area contributed by atoms with Crippen LogP contribution in [0.5, 0.6) is 0 Å². The van der Waals surface area contributed by atoms with E-state index in [1.807, 2.05) is 0 Å². The van der Waals surface area contributed by atoms with E-state index in [0.717, 1.165) is 23.7 Å². The number of para-hydroxylation sites is 1. The molecule has 7 aliphatic rings. The van der Waals surface area contributed by atoms with Crippen LogP contribution >= 0.6 is 0 Å². The van der Waals surface area contributed by atoms with E-state index in [-0.39, 0.29) is 5.41 Å². The lowest BCUT2D eigenvalue weighted by atomic mass is 9.69. The molecule has 15 rings (SSSR count). The highest BCUT2D eigenvalue weighted by Crippen LogP contribution is 2.67. The summed E-state index contributed by atoms with van der Waals surface area (Å²) in [6.07, 6.45) is 11.2. The van der Waals surface area contributed by atoms with Crippen molar-refractivity contribution in [3.8, 4) is 44.5 Å². The van der Waals surface area contributed by atoms with Gasteiger partial charge in [0.25, 0.3) is 0 Å². The van der Waals surface area contributed by atoms with Gasteiger partial charge < -0.3 is 4.90 Å². The van der Waals surface area contributed by atoms with Crippen LogP contribution in [0.2, 0.25) is 0 Å². The third-order valence-electron chi connectivity index (χ3n) is 18.9. The second kappa shape index (κ2) is 14.1. The van der Waals surface area contributed by atoms with Crippen molar-refractivity contribution in [2.45, 2.75) is 87.9 Å². The largest absolute Gasteiger partial charge is 0.309 e. The Hall–Kier alpha value is -6.44. The molecule has 1 nitrogen and oxygen atoms in total. The maximum absolute atomic E-state index is 2.74. The molecule has 8 aromatic carbocycles. The molecule has 6 unspecified atom stereocenters. The highest BCUT2D eigenvalue weighted by atomic mass is 15.1. The van der Waals surface area contributed by atoms with Crippen molar-refractivity contribution in [2.24, 2.45) is 23.7 Å². The van der Waals surface area contributed by atoms with E-state index < -0.39 is 5.41 Å². The van der Waals surface area contributed by atoms with Gasteiger partial charge in [-0.05, 0) is 176 Å². The number of fused-ring (bicyclic) bond motifs is 17. The molecule has 4 saturated carbocycles. The summed E-state index contributed by atoms with van der Waals surface area (Å²) < 4.78 is 0. The van der Waals surface area contributed by atoms with Gasteiger partial charge in [-0.1, -0.05) is 178 Å². The van der Waals surface area contributed by atoms with Crippen LogP contribution in [0.25, 0.3) is 44.5 Å². The van der Waals surface area contributed by atoms with Crippen LogP contribution in [-0.4, -0.2) is 0 Å². The topological polar surface area (TPSA) is 3.24 Å². The first-order chi connectivity index (χ1) is 32.9. The molecule has 4 bridgehead atoms. The van der Waals surface area contributed by atoms with Gasteiger partial charge in [-0.3, -0.25) is 0 Å². The fraction of sp³-hybridized carbons (Fsp3) is 0.273. The molecular weight excluding hydrogens is 807 g/mol. The highest BCUT2D eigenvalue weighted by molar-refractivity contribution is 6.03. The number of rotatable bonds is 6. The van der Waals surface area contributed by atoms with E-state index in [9.17, 15) is 0 Å². The smallest absolute Gasteiger partial charge is 0.0726 e. The van der Waals surface area contributed by atoms with Crippen LogP contribution in [0, 0.1) is 23.7 Å². The van der Waals surface area contributed by atoms with Gasteiger partial charge in [0, 0.05) is 22.2 Å². The maximum Gasteiger partial charge on any atom is 0.0726 e. The third kappa shape index (κ3) is 5.27. The SMILES string of the molecule is CC1(C)c2ccccc2-c2ccc(N(c3ccccc3-c3ccccc3)c3cccc4c3-c3ccccc3C43c4cc(C5CC6CCC5C6)ccc4-c4ccc(C5CC6CCC5C6)cc43)cc21. The number of hydrogen-bond acceptors (Lipinski definition) is 1.